The summed E-state index contributed by atoms with van der Waals surface area (Å²) < 4.78 is 0.382. The lowest BCUT2D eigenvalue weighted by atomic mass is 10.1. The first kappa shape index (κ1) is 9.96. The van der Waals surface area contributed by atoms with Crippen LogP contribution in [0.3, 0.4) is 0 Å². The Balaban J connectivity index is 2.99. The molecule has 1 rings (SSSR count). The maximum Gasteiger partial charge on any atom is 0.150 e. The predicted octanol–water partition coefficient (Wildman–Crippen LogP) is 1.86. The summed E-state index contributed by atoms with van der Waals surface area (Å²) in [5, 5.41) is 0. The largest absolute Gasteiger partial charge is 0.244 e. The van der Waals surface area contributed by atoms with E-state index in [4.69, 9.17) is 5.84 Å². The highest BCUT2D eigenvalue weighted by Gasteiger charge is 2.22. The molecule has 2 N–H and O–H groups in total. The normalized spacial score (nSPS) is 13.8. The van der Waals surface area contributed by atoms with Gasteiger partial charge in [-0.3, -0.25) is 0 Å². The van der Waals surface area contributed by atoms with Crippen LogP contribution >= 0.6 is 0 Å². The summed E-state index contributed by atoms with van der Waals surface area (Å²) in [5.41, 5.74) is 1.20. The van der Waals surface area contributed by atoms with Gasteiger partial charge in [0.1, 0.15) is 6.04 Å². The fourth-order valence-corrected chi connectivity index (χ4v) is 1.44. The zero-order chi connectivity index (χ0) is 9.90. The van der Waals surface area contributed by atoms with E-state index in [1.807, 2.05) is 38.4 Å². The van der Waals surface area contributed by atoms with Crippen LogP contribution in [0.4, 0.5) is 0 Å². The molecule has 0 heterocycles. The number of rotatable bonds is 3. The number of hydrogen-bond donors (Lipinski definition) is 1. The molecule has 1 aromatic carbocycles. The number of nitrogens with two attached hydrogens (primary N) is 1. The van der Waals surface area contributed by atoms with Crippen LogP contribution in [0.1, 0.15) is 11.6 Å². The van der Waals surface area contributed by atoms with Gasteiger partial charge in [0, 0.05) is 5.56 Å². The molecule has 0 saturated carbocycles. The third-order valence-corrected chi connectivity index (χ3v) is 2.08. The molecular weight excluding hydrogens is 160 g/mol. The van der Waals surface area contributed by atoms with Gasteiger partial charge in [-0.05, 0) is 6.08 Å². The van der Waals surface area contributed by atoms with Crippen molar-refractivity contribution in [3.05, 3.63) is 48.6 Å². The van der Waals surface area contributed by atoms with Crippen molar-refractivity contribution in [3.63, 3.8) is 0 Å². The molecule has 1 unspecified atom stereocenters. The quantitative estimate of drug-likeness (QED) is 0.324. The fourth-order valence-electron chi connectivity index (χ4n) is 1.44. The molecule has 0 saturated heterocycles. The van der Waals surface area contributed by atoms with E-state index in [9.17, 15) is 0 Å². The maximum absolute atomic E-state index is 5.99. The zero-order valence-electron chi connectivity index (χ0n) is 8.27. The van der Waals surface area contributed by atoms with Crippen molar-refractivity contribution in [2.45, 2.75) is 6.04 Å². The lowest BCUT2D eigenvalue weighted by Crippen LogP contribution is -2.48. The molecule has 0 spiro atoms. The van der Waals surface area contributed by atoms with Crippen LogP contribution in [0.2, 0.25) is 0 Å². The van der Waals surface area contributed by atoms with Crippen molar-refractivity contribution >= 4 is 0 Å². The highest BCUT2D eigenvalue weighted by Crippen LogP contribution is 2.21. The molecule has 70 valence electrons. The van der Waals surface area contributed by atoms with Crippen LogP contribution < -0.4 is 5.84 Å². The van der Waals surface area contributed by atoms with E-state index in [0.29, 0.717) is 4.59 Å². The first-order chi connectivity index (χ1) is 6.05. The van der Waals surface area contributed by atoms with Gasteiger partial charge in [0.25, 0.3) is 0 Å². The van der Waals surface area contributed by atoms with Crippen molar-refractivity contribution in [2.24, 2.45) is 5.84 Å². The lowest BCUT2D eigenvalue weighted by molar-refractivity contribution is -0.926. The van der Waals surface area contributed by atoms with Crippen LogP contribution in [0, 0.1) is 0 Å². The fraction of sp³-hybridized carbons (Fsp3) is 0.273. The molecule has 0 aliphatic carbocycles. The van der Waals surface area contributed by atoms with Crippen molar-refractivity contribution in [1.29, 1.82) is 0 Å². The highest BCUT2D eigenvalue weighted by atomic mass is 15.6. The van der Waals surface area contributed by atoms with E-state index >= 15 is 0 Å². The minimum atomic E-state index is 0.154. The molecular formula is C11H17N2+. The van der Waals surface area contributed by atoms with Crippen LogP contribution in [0.25, 0.3) is 0 Å². The molecule has 0 radical (unpaired) electrons. The molecule has 0 bridgehead atoms. The van der Waals surface area contributed by atoms with Crippen molar-refractivity contribution < 1.29 is 4.59 Å². The van der Waals surface area contributed by atoms with Gasteiger partial charge in [-0.1, -0.05) is 36.9 Å². The molecule has 2 heteroatoms. The average molecular weight is 177 g/mol. The average Bonchev–Trinajstić information content (AvgIpc) is 2.05. The second kappa shape index (κ2) is 3.73. The SMILES string of the molecule is C=CC(c1ccccc1)[N+](C)(C)N. The molecule has 0 aromatic heterocycles. The van der Waals surface area contributed by atoms with Gasteiger partial charge in [0.15, 0.2) is 0 Å². The van der Waals surface area contributed by atoms with Gasteiger partial charge < -0.3 is 0 Å². The van der Waals surface area contributed by atoms with E-state index in [-0.39, 0.29) is 6.04 Å². The van der Waals surface area contributed by atoms with E-state index in [2.05, 4.69) is 18.7 Å². The van der Waals surface area contributed by atoms with Crippen molar-refractivity contribution in [3.8, 4) is 0 Å². The van der Waals surface area contributed by atoms with Gasteiger partial charge in [0.05, 0.1) is 14.1 Å². The second-order valence-corrected chi connectivity index (χ2v) is 3.72. The Kier molecular flexibility index (Phi) is 2.86. The van der Waals surface area contributed by atoms with Crippen LogP contribution in [-0.2, 0) is 0 Å². The molecule has 13 heavy (non-hydrogen) atoms. The molecule has 1 aromatic rings. The number of likely N-dealkylation sites (N-methyl/N-ethyl adjacent to an activating group) is 1. The van der Waals surface area contributed by atoms with E-state index in [1.54, 1.807) is 0 Å². The molecule has 2 nitrogen and oxygen atoms in total. The third-order valence-electron chi connectivity index (χ3n) is 2.08. The first-order valence-corrected chi connectivity index (χ1v) is 4.35. The molecule has 0 aliphatic heterocycles. The van der Waals surface area contributed by atoms with E-state index < -0.39 is 0 Å². The third kappa shape index (κ3) is 2.41. The monoisotopic (exact) mass is 177 g/mol. The summed E-state index contributed by atoms with van der Waals surface area (Å²) in [6.45, 7) is 3.81. The number of hydrogen-bond acceptors (Lipinski definition) is 1. The predicted molar refractivity (Wildman–Crippen MR) is 55.7 cm³/mol. The van der Waals surface area contributed by atoms with Crippen LogP contribution in [-0.4, -0.2) is 18.7 Å². The molecule has 0 aliphatic rings. The molecule has 0 fully saturated rings. The van der Waals surface area contributed by atoms with Crippen molar-refractivity contribution in [2.75, 3.05) is 14.1 Å². The standard InChI is InChI=1S/C11H17N2/c1-4-11(13(2,3)12)10-8-6-5-7-9-10/h4-9,11H,1,12H2,2-3H3/q+1. The van der Waals surface area contributed by atoms with Gasteiger partial charge in [-0.2, -0.15) is 5.84 Å². The molecule has 1 atom stereocenters. The Bertz CT molecular complexity index is 272. The summed E-state index contributed by atoms with van der Waals surface area (Å²) in [7, 11) is 3.92. The Morgan fingerprint density at radius 3 is 2.23 bits per heavy atom. The number of nitrogens with zero attached hydrogens (tertiary/aromatic N) is 1. The number of benzene rings is 1. The Morgan fingerprint density at radius 2 is 1.85 bits per heavy atom. The number of quaternary nitrogens is 1. The van der Waals surface area contributed by atoms with Crippen LogP contribution in [0.15, 0.2) is 43.0 Å². The van der Waals surface area contributed by atoms with Gasteiger partial charge in [-0.25, -0.2) is 4.59 Å². The highest BCUT2D eigenvalue weighted by molar-refractivity contribution is 5.20. The summed E-state index contributed by atoms with van der Waals surface area (Å²) in [6, 6.07) is 10.3. The maximum atomic E-state index is 5.99. The summed E-state index contributed by atoms with van der Waals surface area (Å²) in [5.74, 6) is 5.99. The Hall–Kier alpha value is -1.12. The van der Waals surface area contributed by atoms with Crippen LogP contribution in [0.5, 0.6) is 0 Å². The zero-order valence-corrected chi connectivity index (χ0v) is 8.27. The van der Waals surface area contributed by atoms with E-state index in [0.717, 1.165) is 0 Å². The minimum Gasteiger partial charge on any atom is -0.244 e. The molecule has 0 amide bonds. The smallest absolute Gasteiger partial charge is 0.150 e. The lowest BCUT2D eigenvalue weighted by Gasteiger charge is -2.30. The topological polar surface area (TPSA) is 26.0 Å². The summed E-state index contributed by atoms with van der Waals surface area (Å²) in [4.78, 5) is 0. The van der Waals surface area contributed by atoms with Gasteiger partial charge >= 0.3 is 0 Å². The summed E-state index contributed by atoms with van der Waals surface area (Å²) in [6.07, 6.45) is 1.88. The Morgan fingerprint density at radius 1 is 1.31 bits per heavy atom. The first-order valence-electron chi connectivity index (χ1n) is 4.35. The minimum absolute atomic E-state index is 0.154. The van der Waals surface area contributed by atoms with Crippen molar-refractivity contribution in [1.82, 2.24) is 0 Å². The second-order valence-electron chi connectivity index (χ2n) is 3.72. The van der Waals surface area contributed by atoms with Gasteiger partial charge in [0.2, 0.25) is 0 Å². The van der Waals surface area contributed by atoms with E-state index in [1.165, 1.54) is 5.56 Å². The Labute approximate surface area is 79.8 Å². The van der Waals surface area contributed by atoms with Gasteiger partial charge in [-0.15, -0.1) is 0 Å². The summed E-state index contributed by atoms with van der Waals surface area (Å²) >= 11 is 0.